The molecule has 130 valence electrons. The zero-order valence-corrected chi connectivity index (χ0v) is 15.4. The van der Waals surface area contributed by atoms with E-state index in [9.17, 15) is 0 Å². The van der Waals surface area contributed by atoms with Crippen LogP contribution in [0.3, 0.4) is 0 Å². The lowest BCUT2D eigenvalue weighted by Crippen LogP contribution is -2.22. The molecule has 4 heteroatoms. The van der Waals surface area contributed by atoms with Crippen LogP contribution in [-0.4, -0.2) is 4.98 Å². The molecule has 2 aromatic heterocycles. The molecule has 0 saturated heterocycles. The van der Waals surface area contributed by atoms with Gasteiger partial charge in [0.1, 0.15) is 6.26 Å². The molecule has 4 aromatic rings. The van der Waals surface area contributed by atoms with Crippen molar-refractivity contribution in [2.24, 2.45) is 0 Å². The summed E-state index contributed by atoms with van der Waals surface area (Å²) in [5, 5.41) is 5.66. The number of benzene rings is 2. The Labute approximate surface area is 157 Å². The SMILES string of the molecule is Cc1ccc([C@H](NCc2coc(-c3cccs3)n2)c2ccccc2)cc1. The van der Waals surface area contributed by atoms with Crippen LogP contribution in [0.2, 0.25) is 0 Å². The summed E-state index contributed by atoms with van der Waals surface area (Å²) < 4.78 is 5.63. The second-order valence-corrected chi connectivity index (χ2v) is 7.20. The molecule has 1 N–H and O–H groups in total. The number of aryl methyl sites for hydroxylation is 1. The summed E-state index contributed by atoms with van der Waals surface area (Å²) in [6, 6.07) is 23.3. The molecule has 0 aliphatic rings. The summed E-state index contributed by atoms with van der Waals surface area (Å²) >= 11 is 1.63. The smallest absolute Gasteiger partial charge is 0.236 e. The monoisotopic (exact) mass is 360 g/mol. The maximum Gasteiger partial charge on any atom is 0.236 e. The molecule has 0 fully saturated rings. The number of aromatic nitrogens is 1. The average molecular weight is 360 g/mol. The van der Waals surface area contributed by atoms with Gasteiger partial charge in [0.2, 0.25) is 5.89 Å². The minimum Gasteiger partial charge on any atom is -0.444 e. The largest absolute Gasteiger partial charge is 0.444 e. The summed E-state index contributed by atoms with van der Waals surface area (Å²) in [7, 11) is 0. The number of nitrogens with one attached hydrogen (secondary N) is 1. The van der Waals surface area contributed by atoms with Gasteiger partial charge in [0.05, 0.1) is 16.6 Å². The van der Waals surface area contributed by atoms with Crippen molar-refractivity contribution in [2.45, 2.75) is 19.5 Å². The van der Waals surface area contributed by atoms with Crippen LogP contribution in [0.1, 0.15) is 28.4 Å². The van der Waals surface area contributed by atoms with Crippen LogP contribution in [0.25, 0.3) is 10.8 Å². The number of hydrogen-bond donors (Lipinski definition) is 1. The van der Waals surface area contributed by atoms with Gasteiger partial charge in [-0.25, -0.2) is 4.98 Å². The van der Waals surface area contributed by atoms with Crippen molar-refractivity contribution in [3.05, 3.63) is 101 Å². The molecule has 1 atom stereocenters. The van der Waals surface area contributed by atoms with Crippen LogP contribution in [0, 0.1) is 6.92 Å². The summed E-state index contributed by atoms with van der Waals surface area (Å²) in [5.41, 5.74) is 4.64. The van der Waals surface area contributed by atoms with E-state index in [-0.39, 0.29) is 6.04 Å². The molecule has 26 heavy (non-hydrogen) atoms. The molecule has 0 bridgehead atoms. The van der Waals surface area contributed by atoms with Crippen molar-refractivity contribution in [3.63, 3.8) is 0 Å². The first kappa shape index (κ1) is 16.8. The molecule has 4 rings (SSSR count). The Morgan fingerprint density at radius 2 is 1.73 bits per heavy atom. The van der Waals surface area contributed by atoms with E-state index >= 15 is 0 Å². The lowest BCUT2D eigenvalue weighted by Gasteiger charge is -2.19. The molecule has 0 spiro atoms. The van der Waals surface area contributed by atoms with Crippen LogP contribution in [-0.2, 0) is 6.54 Å². The predicted octanol–water partition coefficient (Wildman–Crippen LogP) is 5.59. The van der Waals surface area contributed by atoms with Crippen molar-refractivity contribution in [2.75, 3.05) is 0 Å². The molecular formula is C22H20N2OS. The van der Waals surface area contributed by atoms with Gasteiger partial charge in [0.25, 0.3) is 0 Å². The van der Waals surface area contributed by atoms with Gasteiger partial charge in [0, 0.05) is 6.54 Å². The maximum absolute atomic E-state index is 5.63. The van der Waals surface area contributed by atoms with Crippen LogP contribution >= 0.6 is 11.3 Å². The van der Waals surface area contributed by atoms with Crippen LogP contribution in [0.15, 0.2) is 82.8 Å². The second kappa shape index (κ2) is 7.68. The fraction of sp³-hybridized carbons (Fsp3) is 0.136. The standard InChI is InChI=1S/C22H20N2OS/c1-16-9-11-18(12-10-16)21(17-6-3-2-4-7-17)23-14-19-15-25-22(24-19)20-8-5-13-26-20/h2-13,15,21,23H,14H2,1H3/t21-/m1/s1. The van der Waals surface area contributed by atoms with E-state index in [0.717, 1.165) is 10.6 Å². The molecule has 0 amide bonds. The first-order chi connectivity index (χ1) is 12.8. The highest BCUT2D eigenvalue weighted by molar-refractivity contribution is 7.13. The minimum absolute atomic E-state index is 0.110. The van der Waals surface area contributed by atoms with Crippen LogP contribution < -0.4 is 5.32 Å². The zero-order chi connectivity index (χ0) is 17.8. The molecule has 0 aliphatic heterocycles. The number of thiophene rings is 1. The fourth-order valence-electron chi connectivity index (χ4n) is 2.94. The summed E-state index contributed by atoms with van der Waals surface area (Å²) in [6.07, 6.45) is 1.74. The Balaban J connectivity index is 1.54. The van der Waals surface area contributed by atoms with Crippen molar-refractivity contribution >= 4 is 11.3 Å². The fourth-order valence-corrected chi connectivity index (χ4v) is 3.60. The van der Waals surface area contributed by atoms with Crippen molar-refractivity contribution in [1.29, 1.82) is 0 Å². The molecule has 0 aliphatic carbocycles. The van der Waals surface area contributed by atoms with Gasteiger partial charge >= 0.3 is 0 Å². The van der Waals surface area contributed by atoms with E-state index in [1.165, 1.54) is 16.7 Å². The number of nitrogens with zero attached hydrogens (tertiary/aromatic N) is 1. The highest BCUT2D eigenvalue weighted by Crippen LogP contribution is 2.25. The Bertz CT molecular complexity index is 944. The first-order valence-electron chi connectivity index (χ1n) is 8.63. The summed E-state index contributed by atoms with van der Waals surface area (Å²) in [6.45, 7) is 2.75. The van der Waals surface area contributed by atoms with Crippen LogP contribution in [0.4, 0.5) is 0 Å². The summed E-state index contributed by atoms with van der Waals surface area (Å²) in [4.78, 5) is 5.66. The van der Waals surface area contributed by atoms with E-state index in [0.29, 0.717) is 12.4 Å². The molecule has 2 heterocycles. The van der Waals surface area contributed by atoms with Crippen molar-refractivity contribution < 1.29 is 4.42 Å². The molecular weight excluding hydrogens is 340 g/mol. The van der Waals surface area contributed by atoms with Gasteiger partial charge in [-0.2, -0.15) is 0 Å². The van der Waals surface area contributed by atoms with Gasteiger partial charge in [-0.3, -0.25) is 0 Å². The lowest BCUT2D eigenvalue weighted by molar-refractivity contribution is 0.565. The Kier molecular flexibility index (Phi) is 4.95. The van der Waals surface area contributed by atoms with Gasteiger partial charge in [-0.15, -0.1) is 11.3 Å². The Morgan fingerprint density at radius 3 is 2.46 bits per heavy atom. The normalized spacial score (nSPS) is 12.2. The van der Waals surface area contributed by atoms with Gasteiger partial charge in [0.15, 0.2) is 0 Å². The topological polar surface area (TPSA) is 38.1 Å². The van der Waals surface area contributed by atoms with Crippen LogP contribution in [0.5, 0.6) is 0 Å². The summed E-state index contributed by atoms with van der Waals surface area (Å²) in [5.74, 6) is 0.684. The van der Waals surface area contributed by atoms with E-state index in [1.807, 2.05) is 23.6 Å². The van der Waals surface area contributed by atoms with Crippen molar-refractivity contribution in [1.82, 2.24) is 10.3 Å². The molecule has 0 radical (unpaired) electrons. The average Bonchev–Trinajstić information content (AvgIpc) is 3.36. The quantitative estimate of drug-likeness (QED) is 0.487. The van der Waals surface area contributed by atoms with E-state index < -0.39 is 0 Å². The molecule has 0 saturated carbocycles. The van der Waals surface area contributed by atoms with Crippen molar-refractivity contribution in [3.8, 4) is 10.8 Å². The predicted molar refractivity (Wildman–Crippen MR) is 106 cm³/mol. The van der Waals surface area contributed by atoms with E-state index in [2.05, 4.69) is 65.8 Å². The highest BCUT2D eigenvalue weighted by Gasteiger charge is 2.15. The zero-order valence-electron chi connectivity index (χ0n) is 14.6. The third-order valence-corrected chi connectivity index (χ3v) is 5.17. The van der Waals surface area contributed by atoms with Gasteiger partial charge < -0.3 is 9.73 Å². The van der Waals surface area contributed by atoms with E-state index in [1.54, 1.807) is 17.6 Å². The number of hydrogen-bond acceptors (Lipinski definition) is 4. The Morgan fingerprint density at radius 1 is 0.962 bits per heavy atom. The Hall–Kier alpha value is -2.69. The minimum atomic E-state index is 0.110. The number of oxazole rings is 1. The van der Waals surface area contributed by atoms with Gasteiger partial charge in [-0.1, -0.05) is 66.2 Å². The second-order valence-electron chi connectivity index (χ2n) is 6.26. The maximum atomic E-state index is 5.63. The van der Waals surface area contributed by atoms with Gasteiger partial charge in [-0.05, 0) is 29.5 Å². The highest BCUT2D eigenvalue weighted by atomic mass is 32.1. The molecule has 0 unspecified atom stereocenters. The third kappa shape index (κ3) is 3.77. The lowest BCUT2D eigenvalue weighted by atomic mass is 9.98. The number of rotatable bonds is 6. The molecule has 2 aromatic carbocycles. The third-order valence-electron chi connectivity index (χ3n) is 4.31. The van der Waals surface area contributed by atoms with E-state index in [4.69, 9.17) is 4.42 Å². The molecule has 3 nitrogen and oxygen atoms in total. The first-order valence-corrected chi connectivity index (χ1v) is 9.51.